The van der Waals surface area contributed by atoms with Gasteiger partial charge in [0.25, 0.3) is 0 Å². The molecule has 0 saturated carbocycles. The standard InChI is InChI=1S/C21H26F2N4O/c1-3-24-21(27(2)15-17-6-10-19(23)11-7-17)26-13-12-25-20(28)14-16-4-8-18(22)9-5-16/h4-11H,3,12-15H2,1-2H3,(H,24,26)(H,25,28). The maximum atomic E-state index is 13.0. The second-order valence-corrected chi connectivity index (χ2v) is 6.37. The van der Waals surface area contributed by atoms with Crippen molar-refractivity contribution in [2.75, 3.05) is 26.7 Å². The van der Waals surface area contributed by atoms with Gasteiger partial charge in [-0.15, -0.1) is 0 Å². The largest absolute Gasteiger partial charge is 0.357 e. The first-order valence-electron chi connectivity index (χ1n) is 9.23. The number of hydrogen-bond acceptors (Lipinski definition) is 2. The van der Waals surface area contributed by atoms with Gasteiger partial charge < -0.3 is 15.5 Å². The quantitative estimate of drug-likeness (QED) is 0.415. The van der Waals surface area contributed by atoms with Crippen molar-refractivity contribution in [2.24, 2.45) is 4.99 Å². The summed E-state index contributed by atoms with van der Waals surface area (Å²) in [6.45, 7) is 4.10. The van der Waals surface area contributed by atoms with E-state index >= 15 is 0 Å². The number of aliphatic imine (C=N–C) groups is 1. The third kappa shape index (κ3) is 7.34. The molecule has 0 aromatic heterocycles. The minimum Gasteiger partial charge on any atom is -0.357 e. The van der Waals surface area contributed by atoms with Crippen LogP contribution >= 0.6 is 0 Å². The van der Waals surface area contributed by atoms with Gasteiger partial charge in [-0.1, -0.05) is 24.3 Å². The lowest BCUT2D eigenvalue weighted by Crippen LogP contribution is -2.39. The van der Waals surface area contributed by atoms with Crippen molar-refractivity contribution in [3.05, 3.63) is 71.3 Å². The Labute approximate surface area is 164 Å². The molecule has 0 bridgehead atoms. The van der Waals surface area contributed by atoms with E-state index in [0.717, 1.165) is 11.1 Å². The molecule has 0 unspecified atom stereocenters. The highest BCUT2D eigenvalue weighted by atomic mass is 19.1. The zero-order chi connectivity index (χ0) is 20.4. The Hall–Kier alpha value is -2.96. The van der Waals surface area contributed by atoms with Crippen LogP contribution in [0, 0.1) is 11.6 Å². The van der Waals surface area contributed by atoms with Crippen molar-refractivity contribution in [1.82, 2.24) is 15.5 Å². The minimum atomic E-state index is -0.320. The SMILES string of the molecule is CCNC(=NCCNC(=O)Cc1ccc(F)cc1)N(C)Cc1ccc(F)cc1. The highest BCUT2D eigenvalue weighted by Crippen LogP contribution is 2.06. The van der Waals surface area contributed by atoms with Gasteiger partial charge >= 0.3 is 0 Å². The monoisotopic (exact) mass is 388 g/mol. The summed E-state index contributed by atoms with van der Waals surface area (Å²) in [5.74, 6) is -0.00588. The van der Waals surface area contributed by atoms with E-state index in [0.29, 0.717) is 32.1 Å². The Bertz CT molecular complexity index is 776. The van der Waals surface area contributed by atoms with E-state index in [4.69, 9.17) is 0 Å². The molecule has 2 rings (SSSR count). The van der Waals surface area contributed by atoms with Gasteiger partial charge in [-0.3, -0.25) is 9.79 Å². The van der Waals surface area contributed by atoms with Gasteiger partial charge in [0.05, 0.1) is 13.0 Å². The molecule has 150 valence electrons. The molecule has 0 radical (unpaired) electrons. The second kappa shape index (κ2) is 11.0. The molecular formula is C21H26F2N4O. The number of nitrogens with zero attached hydrogens (tertiary/aromatic N) is 2. The molecule has 0 spiro atoms. The smallest absolute Gasteiger partial charge is 0.224 e. The van der Waals surface area contributed by atoms with Crippen LogP contribution in [0.2, 0.25) is 0 Å². The molecule has 28 heavy (non-hydrogen) atoms. The normalized spacial score (nSPS) is 11.2. The molecule has 0 aliphatic carbocycles. The fourth-order valence-electron chi connectivity index (χ4n) is 2.62. The summed E-state index contributed by atoms with van der Waals surface area (Å²) in [5.41, 5.74) is 1.73. The summed E-state index contributed by atoms with van der Waals surface area (Å²) in [5, 5.41) is 6.01. The first kappa shape index (κ1) is 21.3. The van der Waals surface area contributed by atoms with Gasteiger partial charge in [-0.25, -0.2) is 8.78 Å². The summed E-state index contributed by atoms with van der Waals surface area (Å²) in [6, 6.07) is 12.2. The van der Waals surface area contributed by atoms with Crippen LogP contribution in [0.15, 0.2) is 53.5 Å². The van der Waals surface area contributed by atoms with Gasteiger partial charge in [0, 0.05) is 26.7 Å². The molecule has 2 aromatic carbocycles. The maximum absolute atomic E-state index is 13.0. The van der Waals surface area contributed by atoms with Crippen molar-refractivity contribution in [2.45, 2.75) is 19.9 Å². The second-order valence-electron chi connectivity index (χ2n) is 6.37. The van der Waals surface area contributed by atoms with E-state index in [1.807, 2.05) is 18.9 Å². The number of carbonyl (C=O) groups excluding carboxylic acids is 1. The summed E-state index contributed by atoms with van der Waals surface area (Å²) >= 11 is 0. The molecular weight excluding hydrogens is 362 g/mol. The van der Waals surface area contributed by atoms with Gasteiger partial charge in [0.2, 0.25) is 5.91 Å². The van der Waals surface area contributed by atoms with Crippen LogP contribution in [0.3, 0.4) is 0 Å². The van der Waals surface area contributed by atoms with Crippen LogP contribution < -0.4 is 10.6 Å². The van der Waals surface area contributed by atoms with Crippen LogP contribution in [0.4, 0.5) is 8.78 Å². The third-order valence-electron chi connectivity index (χ3n) is 4.00. The number of hydrogen-bond donors (Lipinski definition) is 2. The van der Waals surface area contributed by atoms with E-state index in [1.165, 1.54) is 24.3 Å². The molecule has 0 aliphatic heterocycles. The Morgan fingerprint density at radius 2 is 1.54 bits per heavy atom. The first-order chi connectivity index (χ1) is 13.5. The molecule has 7 heteroatoms. The highest BCUT2D eigenvalue weighted by Gasteiger charge is 2.07. The maximum Gasteiger partial charge on any atom is 0.224 e. The highest BCUT2D eigenvalue weighted by molar-refractivity contribution is 5.80. The topological polar surface area (TPSA) is 56.7 Å². The predicted octanol–water partition coefficient (Wildman–Crippen LogP) is 2.72. The summed E-state index contributed by atoms with van der Waals surface area (Å²) in [4.78, 5) is 18.4. The van der Waals surface area contributed by atoms with Crippen molar-refractivity contribution in [3.8, 4) is 0 Å². The molecule has 0 aliphatic rings. The van der Waals surface area contributed by atoms with Crippen molar-refractivity contribution >= 4 is 11.9 Å². The average Bonchev–Trinajstić information content (AvgIpc) is 2.68. The number of guanidine groups is 1. The van der Waals surface area contributed by atoms with Gasteiger partial charge in [-0.05, 0) is 42.3 Å². The molecule has 0 fully saturated rings. The van der Waals surface area contributed by atoms with Crippen LogP contribution in [-0.4, -0.2) is 43.4 Å². The van der Waals surface area contributed by atoms with E-state index in [1.54, 1.807) is 24.3 Å². The Balaban J connectivity index is 1.81. The molecule has 0 heterocycles. The van der Waals surface area contributed by atoms with Gasteiger partial charge in [-0.2, -0.15) is 0 Å². The molecule has 2 aromatic rings. The number of halogens is 2. The van der Waals surface area contributed by atoms with Gasteiger partial charge in [0.1, 0.15) is 11.6 Å². The summed E-state index contributed by atoms with van der Waals surface area (Å²) in [6.07, 6.45) is 0.203. The van der Waals surface area contributed by atoms with Gasteiger partial charge in [0.15, 0.2) is 5.96 Å². The first-order valence-corrected chi connectivity index (χ1v) is 9.23. The fourth-order valence-corrected chi connectivity index (χ4v) is 2.62. The van der Waals surface area contributed by atoms with E-state index in [-0.39, 0.29) is 24.0 Å². The molecule has 0 atom stereocenters. The average molecular weight is 388 g/mol. The van der Waals surface area contributed by atoms with Crippen molar-refractivity contribution < 1.29 is 13.6 Å². The minimum absolute atomic E-state index is 0.133. The number of nitrogens with one attached hydrogen (secondary N) is 2. The van der Waals surface area contributed by atoms with Crippen molar-refractivity contribution in [3.63, 3.8) is 0 Å². The zero-order valence-electron chi connectivity index (χ0n) is 16.2. The summed E-state index contributed by atoms with van der Waals surface area (Å²) in [7, 11) is 1.90. The zero-order valence-corrected chi connectivity index (χ0v) is 16.2. The molecule has 0 saturated heterocycles. The van der Waals surface area contributed by atoms with Crippen molar-refractivity contribution in [1.29, 1.82) is 0 Å². The Morgan fingerprint density at radius 3 is 2.11 bits per heavy atom. The number of carbonyl (C=O) groups is 1. The number of benzene rings is 2. The van der Waals surface area contributed by atoms with Crippen LogP contribution in [0.5, 0.6) is 0 Å². The summed E-state index contributed by atoms with van der Waals surface area (Å²) < 4.78 is 25.9. The lowest BCUT2D eigenvalue weighted by molar-refractivity contribution is -0.120. The van der Waals surface area contributed by atoms with E-state index in [9.17, 15) is 13.6 Å². The van der Waals surface area contributed by atoms with E-state index in [2.05, 4.69) is 15.6 Å². The third-order valence-corrected chi connectivity index (χ3v) is 4.00. The molecule has 2 N–H and O–H groups in total. The molecule has 5 nitrogen and oxygen atoms in total. The van der Waals surface area contributed by atoms with Crippen LogP contribution in [0.1, 0.15) is 18.1 Å². The van der Waals surface area contributed by atoms with Crippen LogP contribution in [-0.2, 0) is 17.8 Å². The molecule has 1 amide bonds. The van der Waals surface area contributed by atoms with Crippen LogP contribution in [0.25, 0.3) is 0 Å². The van der Waals surface area contributed by atoms with E-state index < -0.39 is 0 Å². The lowest BCUT2D eigenvalue weighted by atomic mass is 10.1. The Morgan fingerprint density at radius 1 is 0.964 bits per heavy atom. The number of rotatable bonds is 8. The predicted molar refractivity (Wildman–Crippen MR) is 107 cm³/mol. The Kier molecular flexibility index (Phi) is 8.39. The number of amides is 1. The fraction of sp³-hybridized carbons (Fsp3) is 0.333. The lowest BCUT2D eigenvalue weighted by Gasteiger charge is -2.22.